The summed E-state index contributed by atoms with van der Waals surface area (Å²) in [6.07, 6.45) is 2.32. The minimum absolute atomic E-state index is 0.0591. The van der Waals surface area contributed by atoms with Gasteiger partial charge in [-0.3, -0.25) is 9.59 Å². The Morgan fingerprint density at radius 3 is 2.30 bits per heavy atom. The Balaban J connectivity index is 1.48. The van der Waals surface area contributed by atoms with E-state index in [1.807, 2.05) is 29.2 Å². The van der Waals surface area contributed by atoms with Gasteiger partial charge in [0.15, 0.2) is 5.11 Å². The minimum Gasteiger partial charge on any atom is -0.497 e. The number of amides is 2. The van der Waals surface area contributed by atoms with E-state index in [9.17, 15) is 9.59 Å². The summed E-state index contributed by atoms with van der Waals surface area (Å²) in [6, 6.07) is 14.5. The Morgan fingerprint density at radius 2 is 1.70 bits per heavy atom. The molecule has 2 amide bonds. The summed E-state index contributed by atoms with van der Waals surface area (Å²) < 4.78 is 5.11. The number of benzene rings is 2. The summed E-state index contributed by atoms with van der Waals surface area (Å²) in [7, 11) is 1.60. The van der Waals surface area contributed by atoms with Crippen molar-refractivity contribution in [2.45, 2.75) is 26.2 Å². The van der Waals surface area contributed by atoms with Crippen LogP contribution in [0.5, 0.6) is 5.75 Å². The quantitative estimate of drug-likeness (QED) is 0.716. The molecule has 3 rings (SSSR count). The number of piperidine rings is 1. The third kappa shape index (κ3) is 6.03. The average molecular weight is 426 g/mol. The van der Waals surface area contributed by atoms with Crippen molar-refractivity contribution in [2.24, 2.45) is 5.92 Å². The van der Waals surface area contributed by atoms with E-state index in [1.165, 1.54) is 0 Å². The van der Waals surface area contributed by atoms with Gasteiger partial charge in [-0.15, -0.1) is 0 Å². The molecule has 2 aromatic rings. The summed E-state index contributed by atoms with van der Waals surface area (Å²) >= 11 is 5.23. The van der Waals surface area contributed by atoms with E-state index in [4.69, 9.17) is 17.0 Å². The summed E-state index contributed by atoms with van der Waals surface area (Å²) in [5.74, 6) is 1.28. The zero-order valence-electron chi connectivity index (χ0n) is 17.3. The number of methoxy groups -OCH3 is 1. The first-order valence-electron chi connectivity index (χ1n) is 10.1. The van der Waals surface area contributed by atoms with Crippen molar-refractivity contribution in [3.05, 3.63) is 59.7 Å². The van der Waals surface area contributed by atoms with Crippen LogP contribution in [0.2, 0.25) is 0 Å². The van der Waals surface area contributed by atoms with E-state index in [1.54, 1.807) is 31.4 Å². The molecule has 6 nitrogen and oxygen atoms in total. The molecule has 1 fully saturated rings. The molecule has 1 saturated heterocycles. The van der Waals surface area contributed by atoms with Gasteiger partial charge in [0.25, 0.3) is 5.91 Å². The predicted molar refractivity (Wildman–Crippen MR) is 122 cm³/mol. The molecule has 30 heavy (non-hydrogen) atoms. The van der Waals surface area contributed by atoms with E-state index >= 15 is 0 Å². The van der Waals surface area contributed by atoms with Crippen LogP contribution < -0.4 is 15.4 Å². The van der Waals surface area contributed by atoms with Crippen LogP contribution >= 0.6 is 12.2 Å². The average Bonchev–Trinajstić information content (AvgIpc) is 2.74. The number of hydrogen-bond donors (Lipinski definition) is 2. The first-order chi connectivity index (χ1) is 14.4. The number of thiocarbonyl (C=S) groups is 1. The molecule has 0 saturated carbocycles. The van der Waals surface area contributed by atoms with Crippen molar-refractivity contribution in [2.75, 3.05) is 25.5 Å². The molecule has 1 aliphatic rings. The van der Waals surface area contributed by atoms with Crippen molar-refractivity contribution in [1.29, 1.82) is 0 Å². The molecule has 0 atom stereocenters. The summed E-state index contributed by atoms with van der Waals surface area (Å²) in [5.41, 5.74) is 2.24. The van der Waals surface area contributed by atoms with Crippen molar-refractivity contribution in [3.63, 3.8) is 0 Å². The molecule has 2 aromatic carbocycles. The van der Waals surface area contributed by atoms with Gasteiger partial charge in [-0.05, 0) is 72.9 Å². The highest BCUT2D eigenvalue weighted by Crippen LogP contribution is 2.19. The maximum Gasteiger partial charge on any atom is 0.253 e. The molecule has 1 aliphatic heterocycles. The van der Waals surface area contributed by atoms with Crippen molar-refractivity contribution in [1.82, 2.24) is 10.2 Å². The van der Waals surface area contributed by atoms with Crippen LogP contribution in [0.4, 0.5) is 5.69 Å². The molecule has 0 bridgehead atoms. The predicted octanol–water partition coefficient (Wildman–Crippen LogP) is 3.62. The van der Waals surface area contributed by atoms with Crippen LogP contribution in [-0.4, -0.2) is 42.0 Å². The number of ether oxygens (including phenoxy) is 1. The molecular formula is C23H27N3O3S. The highest BCUT2D eigenvalue weighted by molar-refractivity contribution is 7.80. The fourth-order valence-corrected chi connectivity index (χ4v) is 3.58. The summed E-state index contributed by atoms with van der Waals surface area (Å²) in [4.78, 5) is 26.7. The Bertz CT molecular complexity index is 889. The number of nitrogens with zero attached hydrogens (tertiary/aromatic N) is 1. The summed E-state index contributed by atoms with van der Waals surface area (Å²) in [5, 5.41) is 5.88. The van der Waals surface area contributed by atoms with Gasteiger partial charge in [-0.2, -0.15) is 0 Å². The van der Waals surface area contributed by atoms with Crippen molar-refractivity contribution >= 4 is 34.8 Å². The van der Waals surface area contributed by atoms with Gasteiger partial charge in [-0.1, -0.05) is 19.1 Å². The second-order valence-electron chi connectivity index (χ2n) is 7.58. The molecule has 1 heterocycles. The van der Waals surface area contributed by atoms with Gasteiger partial charge in [0.2, 0.25) is 5.91 Å². The third-order valence-electron chi connectivity index (χ3n) is 5.24. The first kappa shape index (κ1) is 21.8. The van der Waals surface area contributed by atoms with E-state index in [2.05, 4.69) is 17.6 Å². The number of rotatable bonds is 5. The monoisotopic (exact) mass is 425 g/mol. The lowest BCUT2D eigenvalue weighted by atomic mass is 9.98. The Hall–Kier alpha value is -2.93. The maximum atomic E-state index is 12.6. The molecule has 7 heteroatoms. The number of likely N-dealkylation sites (tertiary alicyclic amines) is 1. The normalized spacial score (nSPS) is 14.1. The molecule has 0 aromatic heterocycles. The van der Waals surface area contributed by atoms with Crippen LogP contribution in [0.3, 0.4) is 0 Å². The smallest absolute Gasteiger partial charge is 0.253 e. The lowest BCUT2D eigenvalue weighted by Crippen LogP contribution is -2.37. The van der Waals surface area contributed by atoms with E-state index in [0.29, 0.717) is 17.2 Å². The largest absolute Gasteiger partial charge is 0.497 e. The lowest BCUT2D eigenvalue weighted by molar-refractivity contribution is -0.119. The van der Waals surface area contributed by atoms with Gasteiger partial charge in [-0.25, -0.2) is 0 Å². The molecule has 158 valence electrons. The molecule has 0 aliphatic carbocycles. The fraction of sp³-hybridized carbons (Fsp3) is 0.348. The Labute approximate surface area is 182 Å². The topological polar surface area (TPSA) is 70.7 Å². The maximum absolute atomic E-state index is 12.6. The molecule has 0 spiro atoms. The number of carbonyl (C=O) groups excluding carboxylic acids is 2. The minimum atomic E-state index is -0.205. The van der Waals surface area contributed by atoms with Gasteiger partial charge in [0.1, 0.15) is 5.75 Å². The van der Waals surface area contributed by atoms with Crippen LogP contribution in [-0.2, 0) is 11.2 Å². The second-order valence-corrected chi connectivity index (χ2v) is 7.99. The standard InChI is InChI=1S/C23H27N3O3S/c1-16-11-13-26(14-12-16)22(28)18-5-7-19(8-6-18)24-23(30)25-21(27)15-17-3-9-20(29-2)10-4-17/h3-10,16H,11-15H2,1-2H3,(H2,24,25,27,30). The Kier molecular flexibility index (Phi) is 7.41. The number of nitrogens with one attached hydrogen (secondary N) is 2. The van der Waals surface area contributed by atoms with Gasteiger partial charge >= 0.3 is 0 Å². The molecule has 2 N–H and O–H groups in total. The van der Waals surface area contributed by atoms with Gasteiger partial charge in [0, 0.05) is 24.3 Å². The van der Waals surface area contributed by atoms with Crippen molar-refractivity contribution < 1.29 is 14.3 Å². The van der Waals surface area contributed by atoms with Crippen LogP contribution in [0.1, 0.15) is 35.7 Å². The zero-order valence-corrected chi connectivity index (χ0v) is 18.1. The van der Waals surface area contributed by atoms with Crippen LogP contribution in [0.25, 0.3) is 0 Å². The number of hydrogen-bond acceptors (Lipinski definition) is 4. The van der Waals surface area contributed by atoms with Crippen molar-refractivity contribution in [3.8, 4) is 5.75 Å². The highest BCUT2D eigenvalue weighted by Gasteiger charge is 2.21. The van der Waals surface area contributed by atoms with E-state index in [-0.39, 0.29) is 23.3 Å². The molecule has 0 radical (unpaired) electrons. The number of carbonyl (C=O) groups is 2. The van der Waals surface area contributed by atoms with Crippen LogP contribution in [0.15, 0.2) is 48.5 Å². The number of anilines is 1. The molecule has 0 unspecified atom stereocenters. The Morgan fingerprint density at radius 1 is 1.07 bits per heavy atom. The van der Waals surface area contributed by atoms with Gasteiger partial charge in [0.05, 0.1) is 13.5 Å². The van der Waals surface area contributed by atoms with Gasteiger partial charge < -0.3 is 20.3 Å². The zero-order chi connectivity index (χ0) is 21.5. The first-order valence-corrected chi connectivity index (χ1v) is 10.5. The summed E-state index contributed by atoms with van der Waals surface area (Å²) in [6.45, 7) is 3.84. The third-order valence-corrected chi connectivity index (χ3v) is 5.44. The van der Waals surface area contributed by atoms with Crippen LogP contribution in [0, 0.1) is 5.92 Å². The van der Waals surface area contributed by atoms with E-state index in [0.717, 1.165) is 37.2 Å². The van der Waals surface area contributed by atoms with E-state index < -0.39 is 0 Å². The molecular weight excluding hydrogens is 398 g/mol. The fourth-order valence-electron chi connectivity index (χ4n) is 3.35. The highest BCUT2D eigenvalue weighted by atomic mass is 32.1. The second kappa shape index (κ2) is 10.2. The lowest BCUT2D eigenvalue weighted by Gasteiger charge is -2.30. The SMILES string of the molecule is COc1ccc(CC(=O)NC(=S)Nc2ccc(C(=O)N3CCC(C)CC3)cc2)cc1.